The molecule has 0 aliphatic heterocycles. The van der Waals surface area contributed by atoms with Gasteiger partial charge in [-0.05, 0) is 60.7 Å². The topological polar surface area (TPSA) is 108 Å². The van der Waals surface area contributed by atoms with E-state index in [1.54, 1.807) is 48.5 Å². The zero-order valence-electron chi connectivity index (χ0n) is 16.0. The second-order valence-electron chi connectivity index (χ2n) is 6.21. The molecule has 3 rings (SSSR count). The summed E-state index contributed by atoms with van der Waals surface area (Å²) in [6, 6.07) is 21.1. The molecule has 0 radical (unpaired) electrons. The molecule has 0 aliphatic rings. The molecule has 0 heterocycles. The van der Waals surface area contributed by atoms with Crippen molar-refractivity contribution in [3.8, 4) is 6.07 Å². The van der Waals surface area contributed by atoms with Crippen molar-refractivity contribution in [3.05, 3.63) is 95.1 Å². The number of rotatable bonds is 5. The minimum atomic E-state index is -0.459. The number of benzene rings is 3. The highest BCUT2D eigenvalue weighted by Gasteiger charge is 2.12. The van der Waals surface area contributed by atoms with Crippen LogP contribution in [0.15, 0.2) is 72.8 Å². The Kier molecular flexibility index (Phi) is 6.20. The minimum absolute atomic E-state index is 0.349. The Labute approximate surface area is 172 Å². The predicted octanol–water partition coefficient (Wildman–Crippen LogP) is 3.85. The van der Waals surface area contributed by atoms with Crippen LogP contribution in [0.1, 0.15) is 36.6 Å². The summed E-state index contributed by atoms with van der Waals surface area (Å²) in [5.74, 6) is -1.20. The van der Waals surface area contributed by atoms with Gasteiger partial charge in [0.1, 0.15) is 6.07 Å². The number of carbonyl (C=O) groups is 3. The van der Waals surface area contributed by atoms with E-state index in [1.807, 2.05) is 6.07 Å². The van der Waals surface area contributed by atoms with Crippen LogP contribution in [0.3, 0.4) is 0 Å². The first kappa shape index (κ1) is 20.3. The van der Waals surface area contributed by atoms with E-state index in [4.69, 9.17) is 5.26 Å². The number of anilines is 2. The van der Waals surface area contributed by atoms with E-state index in [9.17, 15) is 14.4 Å². The highest BCUT2D eigenvalue weighted by Crippen LogP contribution is 2.16. The maximum Gasteiger partial charge on any atom is 0.337 e. The lowest BCUT2D eigenvalue weighted by molar-refractivity contribution is 0.0600. The lowest BCUT2D eigenvalue weighted by atomic mass is 10.1. The summed E-state index contributed by atoms with van der Waals surface area (Å²) in [4.78, 5) is 36.3. The van der Waals surface area contributed by atoms with Gasteiger partial charge in [0.2, 0.25) is 0 Å². The van der Waals surface area contributed by atoms with Crippen LogP contribution in [0.25, 0.3) is 0 Å². The number of nitrogens with zero attached hydrogens (tertiary/aromatic N) is 1. The van der Waals surface area contributed by atoms with E-state index >= 15 is 0 Å². The van der Waals surface area contributed by atoms with Crippen molar-refractivity contribution in [1.82, 2.24) is 0 Å². The number of ether oxygens (including phenoxy) is 1. The lowest BCUT2D eigenvalue weighted by Crippen LogP contribution is -2.15. The molecule has 0 aromatic heterocycles. The molecule has 0 spiro atoms. The van der Waals surface area contributed by atoms with Gasteiger partial charge >= 0.3 is 5.97 Å². The van der Waals surface area contributed by atoms with Gasteiger partial charge in [0.15, 0.2) is 0 Å². The van der Waals surface area contributed by atoms with Crippen molar-refractivity contribution in [2.75, 3.05) is 17.7 Å². The van der Waals surface area contributed by atoms with Crippen LogP contribution in [0.2, 0.25) is 0 Å². The second kappa shape index (κ2) is 9.17. The first-order valence-electron chi connectivity index (χ1n) is 8.92. The van der Waals surface area contributed by atoms with Crippen LogP contribution in [0.4, 0.5) is 11.4 Å². The highest BCUT2D eigenvalue weighted by atomic mass is 16.5. The molecule has 3 aromatic rings. The highest BCUT2D eigenvalue weighted by molar-refractivity contribution is 6.07. The average molecular weight is 399 g/mol. The van der Waals surface area contributed by atoms with Gasteiger partial charge in [0.25, 0.3) is 11.8 Å². The number of hydrogen-bond donors (Lipinski definition) is 2. The van der Waals surface area contributed by atoms with Crippen molar-refractivity contribution in [2.45, 2.75) is 0 Å². The molecular formula is C23H17N3O4. The third kappa shape index (κ3) is 4.69. The third-order valence-electron chi connectivity index (χ3n) is 4.27. The number of nitrogens with one attached hydrogen (secondary N) is 2. The van der Waals surface area contributed by atoms with Gasteiger partial charge in [-0.15, -0.1) is 0 Å². The number of amides is 2. The number of para-hydroxylation sites is 1. The van der Waals surface area contributed by atoms with Crippen molar-refractivity contribution in [2.24, 2.45) is 0 Å². The van der Waals surface area contributed by atoms with Gasteiger partial charge < -0.3 is 15.4 Å². The van der Waals surface area contributed by atoms with E-state index in [2.05, 4.69) is 15.4 Å². The molecule has 0 unspecified atom stereocenters. The third-order valence-corrected chi connectivity index (χ3v) is 4.27. The summed E-state index contributed by atoms with van der Waals surface area (Å²) >= 11 is 0. The number of nitriles is 1. The molecule has 0 saturated carbocycles. The van der Waals surface area contributed by atoms with Gasteiger partial charge in [0, 0.05) is 16.8 Å². The summed E-state index contributed by atoms with van der Waals surface area (Å²) in [6.45, 7) is 0. The Morgan fingerprint density at radius 2 is 1.30 bits per heavy atom. The summed E-state index contributed by atoms with van der Waals surface area (Å²) in [7, 11) is 1.30. The standard InChI is InChI=1S/C23H17N3O4/c1-30-23(29)17-10-12-19(13-11-17)25-21(27)15-6-8-16(9-7-15)22(28)26-20-5-3-2-4-18(20)14-24/h2-13H,1H3,(H,25,27)(H,26,28). The van der Waals surface area contributed by atoms with Crippen molar-refractivity contribution < 1.29 is 19.1 Å². The Hall–Kier alpha value is -4.44. The summed E-state index contributed by atoms with van der Waals surface area (Å²) in [6.07, 6.45) is 0. The summed E-state index contributed by atoms with van der Waals surface area (Å²) < 4.78 is 4.63. The van der Waals surface area contributed by atoms with Crippen LogP contribution in [-0.2, 0) is 4.74 Å². The fraction of sp³-hybridized carbons (Fsp3) is 0.0435. The maximum atomic E-state index is 12.4. The molecule has 7 heteroatoms. The van der Waals surface area contributed by atoms with E-state index in [0.29, 0.717) is 33.6 Å². The van der Waals surface area contributed by atoms with E-state index in [0.717, 1.165) is 0 Å². The molecule has 30 heavy (non-hydrogen) atoms. The van der Waals surface area contributed by atoms with Crippen LogP contribution in [0, 0.1) is 11.3 Å². The van der Waals surface area contributed by atoms with Gasteiger partial charge in [0.05, 0.1) is 23.9 Å². The first-order chi connectivity index (χ1) is 14.5. The van der Waals surface area contributed by atoms with Gasteiger partial charge in [-0.2, -0.15) is 5.26 Å². The molecule has 7 nitrogen and oxygen atoms in total. The minimum Gasteiger partial charge on any atom is -0.465 e. The second-order valence-corrected chi connectivity index (χ2v) is 6.21. The number of hydrogen-bond acceptors (Lipinski definition) is 5. The summed E-state index contributed by atoms with van der Waals surface area (Å²) in [5.41, 5.74) is 2.39. The zero-order valence-corrected chi connectivity index (χ0v) is 16.0. The molecule has 2 amide bonds. The predicted molar refractivity (Wildman–Crippen MR) is 111 cm³/mol. The average Bonchev–Trinajstić information content (AvgIpc) is 2.79. The fourth-order valence-corrected chi connectivity index (χ4v) is 2.67. The quantitative estimate of drug-likeness (QED) is 0.634. The Bertz CT molecular complexity index is 1130. The fourth-order valence-electron chi connectivity index (χ4n) is 2.67. The largest absolute Gasteiger partial charge is 0.465 e. The van der Waals surface area contributed by atoms with E-state index < -0.39 is 5.97 Å². The van der Waals surface area contributed by atoms with Crippen molar-refractivity contribution in [3.63, 3.8) is 0 Å². The molecule has 0 atom stereocenters. The smallest absolute Gasteiger partial charge is 0.337 e. The number of esters is 1. The Balaban J connectivity index is 1.66. The maximum absolute atomic E-state index is 12.4. The van der Waals surface area contributed by atoms with Gasteiger partial charge in [-0.1, -0.05) is 12.1 Å². The van der Waals surface area contributed by atoms with E-state index in [-0.39, 0.29) is 11.8 Å². The zero-order chi connectivity index (χ0) is 21.5. The summed E-state index contributed by atoms with van der Waals surface area (Å²) in [5, 5.41) is 14.5. The Morgan fingerprint density at radius 1 is 0.767 bits per heavy atom. The first-order valence-corrected chi connectivity index (χ1v) is 8.92. The van der Waals surface area contributed by atoms with Crippen molar-refractivity contribution >= 4 is 29.2 Å². The van der Waals surface area contributed by atoms with Crippen molar-refractivity contribution in [1.29, 1.82) is 5.26 Å². The van der Waals surface area contributed by atoms with Crippen LogP contribution in [-0.4, -0.2) is 24.9 Å². The molecule has 3 aromatic carbocycles. The molecule has 0 saturated heterocycles. The molecule has 0 bridgehead atoms. The lowest BCUT2D eigenvalue weighted by Gasteiger charge is -2.08. The molecule has 148 valence electrons. The SMILES string of the molecule is COC(=O)c1ccc(NC(=O)c2ccc(C(=O)Nc3ccccc3C#N)cc2)cc1. The normalized spacial score (nSPS) is 9.87. The number of methoxy groups -OCH3 is 1. The van der Waals surface area contributed by atoms with Gasteiger partial charge in [-0.3, -0.25) is 9.59 Å². The molecule has 2 N–H and O–H groups in total. The van der Waals surface area contributed by atoms with Crippen LogP contribution in [0.5, 0.6) is 0 Å². The molecule has 0 aliphatic carbocycles. The van der Waals surface area contributed by atoms with Crippen LogP contribution < -0.4 is 10.6 Å². The van der Waals surface area contributed by atoms with Gasteiger partial charge in [-0.25, -0.2) is 4.79 Å². The monoisotopic (exact) mass is 399 g/mol. The number of carbonyl (C=O) groups excluding carboxylic acids is 3. The van der Waals surface area contributed by atoms with E-state index in [1.165, 1.54) is 31.4 Å². The van der Waals surface area contributed by atoms with Crippen LogP contribution >= 0.6 is 0 Å². The Morgan fingerprint density at radius 3 is 1.87 bits per heavy atom. The molecular weight excluding hydrogens is 382 g/mol. The molecule has 0 fully saturated rings.